The maximum absolute atomic E-state index is 13.8. The van der Waals surface area contributed by atoms with Gasteiger partial charge in [-0.2, -0.15) is 0 Å². The molecule has 0 unspecified atom stereocenters. The molecule has 1 aliphatic heterocycles. The number of hydrogen-bond acceptors (Lipinski definition) is 13. The smallest absolute Gasteiger partial charge is 0.270 e. The highest BCUT2D eigenvalue weighted by atomic mass is 16.5. The van der Waals surface area contributed by atoms with Crippen LogP contribution in [0.1, 0.15) is 33.0 Å². The van der Waals surface area contributed by atoms with Crippen LogP contribution in [0.15, 0.2) is 110 Å². The topological polar surface area (TPSA) is 206 Å². The molecule has 2 amide bonds. The molecule has 6 aromatic heterocycles. The number of nitrogens with zero attached hydrogens (tertiary/aromatic N) is 9. The molecule has 0 atom stereocenters. The van der Waals surface area contributed by atoms with E-state index in [-0.39, 0.29) is 18.4 Å². The predicted octanol–water partition coefficient (Wildman–Crippen LogP) is 6.44. The molecule has 2 aromatic carbocycles. The quantitative estimate of drug-likeness (QED) is 0.0705. The van der Waals surface area contributed by atoms with Crippen molar-refractivity contribution in [1.29, 1.82) is 0 Å². The van der Waals surface area contributed by atoms with Crippen molar-refractivity contribution in [3.8, 4) is 28.5 Å². The van der Waals surface area contributed by atoms with Crippen molar-refractivity contribution in [2.24, 2.45) is 0 Å². The summed E-state index contributed by atoms with van der Waals surface area (Å²) in [6.45, 7) is 6.23. The molecule has 64 heavy (non-hydrogen) atoms. The monoisotopic (exact) mass is 857 g/mol. The van der Waals surface area contributed by atoms with E-state index in [0.717, 1.165) is 50.1 Å². The summed E-state index contributed by atoms with van der Waals surface area (Å²) in [7, 11) is 1.81. The zero-order valence-electron chi connectivity index (χ0n) is 35.5. The Morgan fingerprint density at radius 2 is 1.47 bits per heavy atom. The van der Waals surface area contributed by atoms with Crippen molar-refractivity contribution in [2.45, 2.75) is 13.3 Å². The lowest BCUT2D eigenvalue weighted by Crippen LogP contribution is -2.50. The van der Waals surface area contributed by atoms with Crippen LogP contribution in [0.4, 0.5) is 23.3 Å². The largest absolute Gasteiger partial charge is 0.493 e. The van der Waals surface area contributed by atoms with Crippen LogP contribution in [-0.4, -0.2) is 131 Å². The third kappa shape index (κ3) is 9.35. The average Bonchev–Trinajstić information content (AvgIpc) is 3.91. The van der Waals surface area contributed by atoms with Crippen molar-refractivity contribution in [2.75, 3.05) is 70.2 Å². The molecule has 5 N–H and O–H groups in total. The van der Waals surface area contributed by atoms with Crippen molar-refractivity contribution in [3.05, 3.63) is 127 Å². The number of H-pyrrole nitrogens is 2. The van der Waals surface area contributed by atoms with Gasteiger partial charge in [0, 0.05) is 123 Å². The number of ether oxygens (including phenoxy) is 1. The van der Waals surface area contributed by atoms with Crippen LogP contribution in [0.2, 0.25) is 0 Å². The molecule has 1 saturated heterocycles. The number of aliphatic hydroxyl groups excluding tert-OH is 1. The fourth-order valence-corrected chi connectivity index (χ4v) is 7.66. The molecule has 17 heteroatoms. The number of pyridine rings is 2. The zero-order chi connectivity index (χ0) is 44.0. The Labute approximate surface area is 368 Å². The molecule has 8 aromatic rings. The number of aromatic nitrogens is 8. The van der Waals surface area contributed by atoms with Gasteiger partial charge < -0.3 is 40.2 Å². The Balaban J connectivity index is 0.766. The Hall–Kier alpha value is -7.76. The maximum Gasteiger partial charge on any atom is 0.270 e. The van der Waals surface area contributed by atoms with Crippen molar-refractivity contribution >= 4 is 56.9 Å². The summed E-state index contributed by atoms with van der Waals surface area (Å²) in [5.41, 5.74) is 7.94. The molecule has 1 aliphatic rings. The summed E-state index contributed by atoms with van der Waals surface area (Å²) in [6.07, 6.45) is 7.29. The second kappa shape index (κ2) is 18.7. The average molecular weight is 858 g/mol. The fourth-order valence-electron chi connectivity index (χ4n) is 7.66. The Bertz CT molecular complexity index is 2930. The van der Waals surface area contributed by atoms with Crippen LogP contribution in [0.3, 0.4) is 0 Å². The number of aliphatic hydroxyl groups is 1. The van der Waals surface area contributed by atoms with Crippen LogP contribution in [-0.2, 0) is 0 Å². The highest BCUT2D eigenvalue weighted by molar-refractivity contribution is 6.02. The van der Waals surface area contributed by atoms with E-state index < -0.39 is 0 Å². The Morgan fingerprint density at radius 1 is 0.750 bits per heavy atom. The van der Waals surface area contributed by atoms with Crippen molar-refractivity contribution < 1.29 is 19.4 Å². The predicted molar refractivity (Wildman–Crippen MR) is 245 cm³/mol. The van der Waals surface area contributed by atoms with Crippen LogP contribution < -0.4 is 15.4 Å². The third-order valence-electron chi connectivity index (χ3n) is 11.2. The van der Waals surface area contributed by atoms with E-state index in [2.05, 4.69) is 55.4 Å². The molecule has 9 rings (SSSR count). The number of piperazine rings is 1. The third-order valence-corrected chi connectivity index (χ3v) is 11.2. The minimum atomic E-state index is -0.108. The summed E-state index contributed by atoms with van der Waals surface area (Å²) in [5.74, 6) is 1.36. The van der Waals surface area contributed by atoms with Gasteiger partial charge in [-0.3, -0.25) is 24.5 Å². The van der Waals surface area contributed by atoms with Crippen LogP contribution in [0.25, 0.3) is 44.6 Å². The lowest BCUT2D eigenvalue weighted by Gasteiger charge is -2.35. The van der Waals surface area contributed by atoms with Crippen LogP contribution in [0.5, 0.6) is 5.75 Å². The number of nitrogens with one attached hydrogen (secondary N) is 4. The summed E-state index contributed by atoms with van der Waals surface area (Å²) >= 11 is 0. The number of anilines is 4. The SMILES string of the molecule is Cc1c(C(=O)N2CCN(CCN(C)C(=O)c3cc4ccc(Nc5nccc(-c6cc(OCCCO)ccn6)n5)cc4[nH]3)CC2)[nH]c2ccc(Nc3nccc(-c4ccccn4)n3)cc12. The number of amides is 2. The second-order valence-corrected chi connectivity index (χ2v) is 15.5. The fraction of sp³-hybridized carbons (Fsp3) is 0.234. The maximum atomic E-state index is 13.8. The highest BCUT2D eigenvalue weighted by Crippen LogP contribution is 2.29. The second-order valence-electron chi connectivity index (χ2n) is 15.5. The molecule has 1 fully saturated rings. The number of hydrogen-bond donors (Lipinski definition) is 5. The van der Waals surface area contributed by atoms with Gasteiger partial charge in [0.25, 0.3) is 11.8 Å². The molecular formula is C47H47N13O4. The zero-order valence-corrected chi connectivity index (χ0v) is 35.5. The van der Waals surface area contributed by atoms with Gasteiger partial charge >= 0.3 is 0 Å². The van der Waals surface area contributed by atoms with Gasteiger partial charge in [0.05, 0.1) is 29.4 Å². The molecular weight excluding hydrogens is 811 g/mol. The van der Waals surface area contributed by atoms with E-state index in [4.69, 9.17) is 9.84 Å². The number of carbonyl (C=O) groups excluding carboxylic acids is 2. The van der Waals surface area contributed by atoms with E-state index in [1.165, 1.54) is 0 Å². The lowest BCUT2D eigenvalue weighted by atomic mass is 10.1. The van der Waals surface area contributed by atoms with E-state index in [0.29, 0.717) is 92.7 Å². The van der Waals surface area contributed by atoms with Gasteiger partial charge in [-0.1, -0.05) is 12.1 Å². The van der Waals surface area contributed by atoms with Gasteiger partial charge in [-0.15, -0.1) is 0 Å². The molecule has 0 saturated carbocycles. The van der Waals surface area contributed by atoms with Crippen LogP contribution >= 0.6 is 0 Å². The number of rotatable bonds is 15. The van der Waals surface area contributed by atoms with E-state index >= 15 is 0 Å². The van der Waals surface area contributed by atoms with E-state index in [1.807, 2.05) is 85.6 Å². The number of carbonyl (C=O) groups is 2. The Kier molecular flexibility index (Phi) is 12.1. The number of aromatic amines is 2. The standard InChI is InChI=1S/C47H47N13O4/c1-30-35-27-32(52-46-50-16-12-38(56-46)37-6-3-4-14-48-37)9-10-36(35)55-43(30)45(63)60-22-20-59(21-23-60)19-18-58(2)44(62)42-26-31-7-8-33(28-40(31)54-42)53-47-51-17-13-39(57-47)41-29-34(11-15-49-41)64-25-5-24-61/h3-4,6-17,26-29,54-55,61H,5,18-25H2,1-2H3,(H,50,52,56)(H,51,53,57). The first kappa shape index (κ1) is 41.6. The number of benzene rings is 2. The normalized spacial score (nSPS) is 13.0. The molecule has 324 valence electrons. The Morgan fingerprint density at radius 3 is 2.22 bits per heavy atom. The molecule has 0 radical (unpaired) electrons. The van der Waals surface area contributed by atoms with Crippen LogP contribution in [0, 0.1) is 6.92 Å². The van der Waals surface area contributed by atoms with Crippen molar-refractivity contribution in [1.82, 2.24) is 54.6 Å². The minimum Gasteiger partial charge on any atom is -0.493 e. The van der Waals surface area contributed by atoms with E-state index in [9.17, 15) is 9.59 Å². The van der Waals surface area contributed by atoms with Gasteiger partial charge in [-0.05, 0) is 79.2 Å². The molecule has 0 spiro atoms. The van der Waals surface area contributed by atoms with Gasteiger partial charge in [0.15, 0.2) is 0 Å². The molecule has 0 bridgehead atoms. The summed E-state index contributed by atoms with van der Waals surface area (Å²) in [6, 6.07) is 26.4. The first-order chi connectivity index (χ1) is 31.3. The number of likely N-dealkylation sites (N-methyl/N-ethyl adjacent to an activating group) is 1. The van der Waals surface area contributed by atoms with Gasteiger partial charge in [0.2, 0.25) is 11.9 Å². The van der Waals surface area contributed by atoms with E-state index in [1.54, 1.807) is 47.9 Å². The first-order valence-electron chi connectivity index (χ1n) is 21.1. The number of fused-ring (bicyclic) bond motifs is 2. The molecule has 0 aliphatic carbocycles. The molecule has 7 heterocycles. The summed E-state index contributed by atoms with van der Waals surface area (Å²) < 4.78 is 5.70. The summed E-state index contributed by atoms with van der Waals surface area (Å²) in [4.78, 5) is 66.8. The summed E-state index contributed by atoms with van der Waals surface area (Å²) in [5, 5.41) is 17.5. The lowest BCUT2D eigenvalue weighted by molar-refractivity contribution is 0.0610. The molecule has 17 nitrogen and oxygen atoms in total. The number of aryl methyl sites for hydroxylation is 1. The highest BCUT2D eigenvalue weighted by Gasteiger charge is 2.26. The minimum absolute atomic E-state index is 0.0278. The van der Waals surface area contributed by atoms with Crippen molar-refractivity contribution in [3.63, 3.8) is 0 Å². The van der Waals surface area contributed by atoms with Gasteiger partial charge in [-0.25, -0.2) is 19.9 Å². The van der Waals surface area contributed by atoms with Gasteiger partial charge in [0.1, 0.15) is 17.1 Å². The first-order valence-corrected chi connectivity index (χ1v) is 21.1.